The standard InChI is InChI=1S/C17H36N4S/c1-18-17(20-12-6-10-16-22-2)19-11-5-3-7-13-21-14-8-4-9-15-21/h3-16H2,1-2H3,(H2,18,19,20). The number of likely N-dealkylation sites (tertiary alicyclic amines) is 1. The first kappa shape index (κ1) is 19.6. The molecule has 1 aliphatic rings. The fourth-order valence-electron chi connectivity index (χ4n) is 2.83. The maximum absolute atomic E-state index is 4.28. The van der Waals surface area contributed by atoms with Gasteiger partial charge in [0.25, 0.3) is 0 Å². The molecular weight excluding hydrogens is 292 g/mol. The zero-order valence-electron chi connectivity index (χ0n) is 14.7. The lowest BCUT2D eigenvalue weighted by atomic mass is 10.1. The van der Waals surface area contributed by atoms with Crippen molar-refractivity contribution in [1.82, 2.24) is 15.5 Å². The summed E-state index contributed by atoms with van der Waals surface area (Å²) in [5, 5.41) is 6.81. The summed E-state index contributed by atoms with van der Waals surface area (Å²) in [6.45, 7) is 6.00. The Kier molecular flexibility index (Phi) is 12.7. The first-order valence-electron chi connectivity index (χ1n) is 9.02. The first-order chi connectivity index (χ1) is 10.9. The molecule has 0 amide bonds. The van der Waals surface area contributed by atoms with Crippen LogP contribution in [0.1, 0.15) is 51.4 Å². The van der Waals surface area contributed by atoms with Gasteiger partial charge >= 0.3 is 0 Å². The molecule has 130 valence electrons. The lowest BCUT2D eigenvalue weighted by Gasteiger charge is -2.26. The minimum absolute atomic E-state index is 0.959. The van der Waals surface area contributed by atoms with Gasteiger partial charge in [-0.05, 0) is 70.2 Å². The third-order valence-electron chi connectivity index (χ3n) is 4.18. The van der Waals surface area contributed by atoms with E-state index in [1.54, 1.807) is 0 Å². The summed E-state index contributed by atoms with van der Waals surface area (Å²) in [6.07, 6.45) is 12.8. The molecule has 1 heterocycles. The van der Waals surface area contributed by atoms with Crippen LogP contribution in [0.25, 0.3) is 0 Å². The molecule has 1 fully saturated rings. The number of piperidine rings is 1. The number of nitrogens with zero attached hydrogens (tertiary/aromatic N) is 2. The minimum atomic E-state index is 0.959. The molecule has 1 aliphatic heterocycles. The lowest BCUT2D eigenvalue weighted by Crippen LogP contribution is -2.38. The van der Waals surface area contributed by atoms with E-state index in [4.69, 9.17) is 0 Å². The second-order valence-electron chi connectivity index (χ2n) is 6.09. The van der Waals surface area contributed by atoms with Crippen LogP contribution in [0.2, 0.25) is 0 Å². The summed E-state index contributed by atoms with van der Waals surface area (Å²) in [5.74, 6) is 2.21. The highest BCUT2D eigenvalue weighted by molar-refractivity contribution is 7.98. The summed E-state index contributed by atoms with van der Waals surface area (Å²) in [4.78, 5) is 6.91. The number of guanidine groups is 1. The summed E-state index contributed by atoms with van der Waals surface area (Å²) >= 11 is 1.92. The van der Waals surface area contributed by atoms with Gasteiger partial charge in [0.2, 0.25) is 0 Å². The van der Waals surface area contributed by atoms with Crippen molar-refractivity contribution in [2.24, 2.45) is 4.99 Å². The molecule has 1 rings (SSSR count). The van der Waals surface area contributed by atoms with Crippen LogP contribution in [-0.4, -0.2) is 62.6 Å². The van der Waals surface area contributed by atoms with Crippen molar-refractivity contribution in [3.8, 4) is 0 Å². The quantitative estimate of drug-likeness (QED) is 0.347. The van der Waals surface area contributed by atoms with Gasteiger partial charge < -0.3 is 15.5 Å². The van der Waals surface area contributed by atoms with E-state index in [1.807, 2.05) is 18.8 Å². The molecule has 0 radical (unpaired) electrons. The Labute approximate surface area is 141 Å². The Bertz CT molecular complexity index is 278. The Morgan fingerprint density at radius 3 is 2.27 bits per heavy atom. The van der Waals surface area contributed by atoms with E-state index >= 15 is 0 Å². The molecule has 0 aliphatic carbocycles. The van der Waals surface area contributed by atoms with Gasteiger partial charge in [-0.1, -0.05) is 12.8 Å². The highest BCUT2D eigenvalue weighted by atomic mass is 32.2. The molecule has 1 saturated heterocycles. The summed E-state index contributed by atoms with van der Waals surface area (Å²) in [7, 11) is 1.85. The van der Waals surface area contributed by atoms with Crippen molar-refractivity contribution in [1.29, 1.82) is 0 Å². The van der Waals surface area contributed by atoms with Crippen LogP contribution in [0, 0.1) is 0 Å². The van der Waals surface area contributed by atoms with E-state index in [2.05, 4.69) is 26.8 Å². The number of thioether (sulfide) groups is 1. The molecule has 5 heteroatoms. The Balaban J connectivity index is 1.90. The van der Waals surface area contributed by atoms with Crippen LogP contribution in [0.3, 0.4) is 0 Å². The van der Waals surface area contributed by atoms with Gasteiger partial charge in [0.15, 0.2) is 5.96 Å². The fourth-order valence-corrected chi connectivity index (χ4v) is 3.32. The molecule has 0 bridgehead atoms. The van der Waals surface area contributed by atoms with Crippen LogP contribution in [0.5, 0.6) is 0 Å². The lowest BCUT2D eigenvalue weighted by molar-refractivity contribution is 0.224. The van der Waals surface area contributed by atoms with Crippen LogP contribution >= 0.6 is 11.8 Å². The molecule has 0 atom stereocenters. The zero-order valence-corrected chi connectivity index (χ0v) is 15.5. The molecule has 22 heavy (non-hydrogen) atoms. The minimum Gasteiger partial charge on any atom is -0.356 e. The Morgan fingerprint density at radius 2 is 1.64 bits per heavy atom. The van der Waals surface area contributed by atoms with Crippen molar-refractivity contribution in [3.05, 3.63) is 0 Å². The average Bonchev–Trinajstić information content (AvgIpc) is 2.56. The number of rotatable bonds is 11. The number of hydrogen-bond acceptors (Lipinski definition) is 3. The van der Waals surface area contributed by atoms with Gasteiger partial charge in [-0.3, -0.25) is 4.99 Å². The van der Waals surface area contributed by atoms with Crippen LogP contribution in [-0.2, 0) is 0 Å². The third kappa shape index (κ3) is 10.3. The maximum Gasteiger partial charge on any atom is 0.190 e. The van der Waals surface area contributed by atoms with Gasteiger partial charge in [0.05, 0.1) is 0 Å². The molecule has 0 aromatic heterocycles. The van der Waals surface area contributed by atoms with Crippen molar-refractivity contribution in [3.63, 3.8) is 0 Å². The van der Waals surface area contributed by atoms with E-state index in [0.29, 0.717) is 0 Å². The topological polar surface area (TPSA) is 39.7 Å². The smallest absolute Gasteiger partial charge is 0.190 e. The highest BCUT2D eigenvalue weighted by Crippen LogP contribution is 2.09. The van der Waals surface area contributed by atoms with Crippen molar-refractivity contribution in [2.75, 3.05) is 51.8 Å². The maximum atomic E-state index is 4.28. The monoisotopic (exact) mass is 328 g/mol. The van der Waals surface area contributed by atoms with Gasteiger partial charge in [0.1, 0.15) is 0 Å². The molecule has 4 nitrogen and oxygen atoms in total. The third-order valence-corrected chi connectivity index (χ3v) is 4.88. The molecule has 0 unspecified atom stereocenters. The molecule has 2 N–H and O–H groups in total. The Hall–Kier alpha value is -0.420. The summed E-state index contributed by atoms with van der Waals surface area (Å²) in [5.41, 5.74) is 0. The molecular formula is C17H36N4S. The van der Waals surface area contributed by atoms with Gasteiger partial charge in [-0.25, -0.2) is 0 Å². The zero-order chi connectivity index (χ0) is 15.9. The Morgan fingerprint density at radius 1 is 0.955 bits per heavy atom. The molecule has 0 spiro atoms. The second-order valence-corrected chi connectivity index (χ2v) is 7.07. The van der Waals surface area contributed by atoms with Crippen molar-refractivity contribution >= 4 is 17.7 Å². The summed E-state index contributed by atoms with van der Waals surface area (Å²) in [6, 6.07) is 0. The SMILES string of the molecule is CN=C(NCCCCCN1CCCCC1)NCCCCSC. The van der Waals surface area contributed by atoms with E-state index in [1.165, 1.54) is 76.8 Å². The summed E-state index contributed by atoms with van der Waals surface area (Å²) < 4.78 is 0. The van der Waals surface area contributed by atoms with Crippen molar-refractivity contribution < 1.29 is 0 Å². The number of aliphatic imine (C=N–C) groups is 1. The van der Waals surface area contributed by atoms with Gasteiger partial charge in [0, 0.05) is 20.1 Å². The van der Waals surface area contributed by atoms with E-state index in [0.717, 1.165) is 19.0 Å². The van der Waals surface area contributed by atoms with E-state index in [-0.39, 0.29) is 0 Å². The largest absolute Gasteiger partial charge is 0.356 e. The molecule has 0 aromatic rings. The number of hydrogen-bond donors (Lipinski definition) is 2. The highest BCUT2D eigenvalue weighted by Gasteiger charge is 2.08. The van der Waals surface area contributed by atoms with Gasteiger partial charge in [-0.15, -0.1) is 0 Å². The van der Waals surface area contributed by atoms with E-state index < -0.39 is 0 Å². The fraction of sp³-hybridized carbons (Fsp3) is 0.941. The average molecular weight is 329 g/mol. The normalized spacial score (nSPS) is 16.7. The predicted molar refractivity (Wildman–Crippen MR) is 101 cm³/mol. The van der Waals surface area contributed by atoms with E-state index in [9.17, 15) is 0 Å². The number of unbranched alkanes of at least 4 members (excludes halogenated alkanes) is 3. The van der Waals surface area contributed by atoms with Crippen LogP contribution in [0.15, 0.2) is 4.99 Å². The number of nitrogens with one attached hydrogen (secondary N) is 2. The molecule has 0 aromatic carbocycles. The van der Waals surface area contributed by atoms with Gasteiger partial charge in [-0.2, -0.15) is 11.8 Å². The van der Waals surface area contributed by atoms with Crippen molar-refractivity contribution in [2.45, 2.75) is 51.4 Å². The second kappa shape index (κ2) is 14.2. The predicted octanol–water partition coefficient (Wildman–Crippen LogP) is 2.95. The van der Waals surface area contributed by atoms with Crippen LogP contribution < -0.4 is 10.6 Å². The van der Waals surface area contributed by atoms with Crippen LogP contribution in [0.4, 0.5) is 0 Å². The molecule has 0 saturated carbocycles. The first-order valence-corrected chi connectivity index (χ1v) is 10.4.